The number of nitriles is 1. The minimum absolute atomic E-state index is 0.149. The van der Waals surface area contributed by atoms with Gasteiger partial charge in [0.25, 0.3) is 0 Å². The van der Waals surface area contributed by atoms with Gasteiger partial charge in [-0.2, -0.15) is 5.26 Å². The third-order valence-corrected chi connectivity index (χ3v) is 3.94. The van der Waals surface area contributed by atoms with Crippen molar-refractivity contribution in [1.29, 1.82) is 5.26 Å². The van der Waals surface area contributed by atoms with E-state index in [4.69, 9.17) is 5.26 Å². The molecule has 1 fully saturated rings. The average Bonchev–Trinajstić information content (AvgIpc) is 2.42. The maximum atomic E-state index is 9.69. The van der Waals surface area contributed by atoms with Gasteiger partial charge in [0.15, 0.2) is 0 Å². The summed E-state index contributed by atoms with van der Waals surface area (Å²) in [4.78, 5) is 0. The normalized spacial score (nSPS) is 27.5. The van der Waals surface area contributed by atoms with Gasteiger partial charge in [-0.3, -0.25) is 0 Å². The molecule has 1 aromatic carbocycles. The van der Waals surface area contributed by atoms with Crippen LogP contribution in [0.1, 0.15) is 38.2 Å². The fourth-order valence-electron chi connectivity index (χ4n) is 2.61. The highest BCUT2D eigenvalue weighted by Gasteiger charge is 2.33. The average molecular weight is 244 g/mol. The molecular formula is C15H20N2O. The molecule has 0 radical (unpaired) electrons. The van der Waals surface area contributed by atoms with Crippen LogP contribution in [0.15, 0.2) is 24.3 Å². The lowest BCUT2D eigenvalue weighted by atomic mass is 9.77. The van der Waals surface area contributed by atoms with Crippen molar-refractivity contribution in [3.63, 3.8) is 0 Å². The SMILES string of the molecule is CC1CCC(CO)(Nc2cccc(C#N)c2)CC1. The Labute approximate surface area is 108 Å². The predicted octanol–water partition coefficient (Wildman–Crippen LogP) is 2.91. The molecule has 1 aromatic rings. The van der Waals surface area contributed by atoms with E-state index in [1.807, 2.05) is 18.2 Å². The molecule has 0 aliphatic heterocycles. The fraction of sp³-hybridized carbons (Fsp3) is 0.533. The van der Waals surface area contributed by atoms with Gasteiger partial charge in [-0.15, -0.1) is 0 Å². The number of nitrogens with one attached hydrogen (secondary N) is 1. The van der Waals surface area contributed by atoms with Crippen molar-refractivity contribution in [3.8, 4) is 6.07 Å². The van der Waals surface area contributed by atoms with Gasteiger partial charge >= 0.3 is 0 Å². The van der Waals surface area contributed by atoms with E-state index < -0.39 is 0 Å². The Morgan fingerprint density at radius 1 is 1.44 bits per heavy atom. The second-order valence-electron chi connectivity index (χ2n) is 5.44. The lowest BCUT2D eigenvalue weighted by Crippen LogP contribution is -2.45. The van der Waals surface area contributed by atoms with Crippen molar-refractivity contribution in [2.45, 2.75) is 38.1 Å². The van der Waals surface area contributed by atoms with Crippen LogP contribution in [0.4, 0.5) is 5.69 Å². The Kier molecular flexibility index (Phi) is 3.88. The molecule has 3 nitrogen and oxygen atoms in total. The summed E-state index contributed by atoms with van der Waals surface area (Å²) in [6, 6.07) is 9.60. The molecule has 0 amide bonds. The lowest BCUT2D eigenvalue weighted by molar-refractivity contribution is 0.155. The van der Waals surface area contributed by atoms with E-state index in [0.717, 1.165) is 37.3 Å². The minimum atomic E-state index is -0.208. The molecule has 3 heteroatoms. The summed E-state index contributed by atoms with van der Waals surface area (Å²) in [5.41, 5.74) is 1.37. The Morgan fingerprint density at radius 3 is 2.78 bits per heavy atom. The monoisotopic (exact) mass is 244 g/mol. The highest BCUT2D eigenvalue weighted by Crippen LogP contribution is 2.34. The van der Waals surface area contributed by atoms with Crippen LogP contribution in [0.5, 0.6) is 0 Å². The van der Waals surface area contributed by atoms with Crippen LogP contribution in [-0.2, 0) is 0 Å². The zero-order chi connectivity index (χ0) is 13.0. The third-order valence-electron chi connectivity index (χ3n) is 3.94. The summed E-state index contributed by atoms with van der Waals surface area (Å²) < 4.78 is 0. The number of hydrogen-bond donors (Lipinski definition) is 2. The van der Waals surface area contributed by atoms with Crippen molar-refractivity contribution < 1.29 is 5.11 Å². The highest BCUT2D eigenvalue weighted by molar-refractivity contribution is 5.51. The first-order chi connectivity index (χ1) is 8.67. The predicted molar refractivity (Wildman–Crippen MR) is 72.2 cm³/mol. The summed E-state index contributed by atoms with van der Waals surface area (Å²) in [6.07, 6.45) is 4.26. The van der Waals surface area contributed by atoms with E-state index >= 15 is 0 Å². The fourth-order valence-corrected chi connectivity index (χ4v) is 2.61. The summed E-state index contributed by atoms with van der Waals surface area (Å²) in [5.74, 6) is 0.747. The van der Waals surface area contributed by atoms with Gasteiger partial charge < -0.3 is 10.4 Å². The number of hydrogen-bond acceptors (Lipinski definition) is 3. The van der Waals surface area contributed by atoms with E-state index in [2.05, 4.69) is 18.3 Å². The topological polar surface area (TPSA) is 56.0 Å². The number of aliphatic hydroxyl groups is 1. The Balaban J connectivity index is 2.12. The molecule has 1 saturated carbocycles. The molecule has 0 aromatic heterocycles. The molecule has 2 rings (SSSR count). The van der Waals surface area contributed by atoms with E-state index in [-0.39, 0.29) is 12.1 Å². The van der Waals surface area contributed by atoms with Gasteiger partial charge in [0.05, 0.1) is 23.8 Å². The number of rotatable bonds is 3. The Hall–Kier alpha value is -1.53. The molecule has 0 bridgehead atoms. The van der Waals surface area contributed by atoms with Crippen molar-refractivity contribution in [3.05, 3.63) is 29.8 Å². The van der Waals surface area contributed by atoms with Gasteiger partial charge in [-0.05, 0) is 49.8 Å². The van der Waals surface area contributed by atoms with Gasteiger partial charge in [0, 0.05) is 5.69 Å². The van der Waals surface area contributed by atoms with Crippen molar-refractivity contribution in [2.75, 3.05) is 11.9 Å². The molecule has 0 atom stereocenters. The van der Waals surface area contributed by atoms with Crippen LogP contribution in [0.2, 0.25) is 0 Å². The summed E-state index contributed by atoms with van der Waals surface area (Å²) in [7, 11) is 0. The number of aliphatic hydroxyl groups excluding tert-OH is 1. The van der Waals surface area contributed by atoms with Crippen LogP contribution in [0.25, 0.3) is 0 Å². The van der Waals surface area contributed by atoms with Crippen LogP contribution in [-0.4, -0.2) is 17.3 Å². The largest absolute Gasteiger partial charge is 0.394 e. The van der Waals surface area contributed by atoms with Gasteiger partial charge in [0.1, 0.15) is 0 Å². The molecule has 18 heavy (non-hydrogen) atoms. The summed E-state index contributed by atoms with van der Waals surface area (Å²) >= 11 is 0. The number of benzene rings is 1. The molecular weight excluding hydrogens is 224 g/mol. The zero-order valence-corrected chi connectivity index (χ0v) is 10.8. The van der Waals surface area contributed by atoms with E-state index in [1.165, 1.54) is 0 Å². The van der Waals surface area contributed by atoms with Crippen molar-refractivity contribution in [1.82, 2.24) is 0 Å². The highest BCUT2D eigenvalue weighted by atomic mass is 16.3. The minimum Gasteiger partial charge on any atom is -0.394 e. The molecule has 0 unspecified atom stereocenters. The van der Waals surface area contributed by atoms with Gasteiger partial charge in [-0.25, -0.2) is 0 Å². The summed E-state index contributed by atoms with van der Waals surface area (Å²) in [6.45, 7) is 2.41. The van der Waals surface area contributed by atoms with E-state index in [9.17, 15) is 5.11 Å². The first-order valence-electron chi connectivity index (χ1n) is 6.57. The van der Waals surface area contributed by atoms with E-state index in [0.29, 0.717) is 5.56 Å². The molecule has 0 heterocycles. The Bertz CT molecular complexity index is 442. The van der Waals surface area contributed by atoms with Crippen molar-refractivity contribution >= 4 is 5.69 Å². The van der Waals surface area contributed by atoms with Crippen LogP contribution < -0.4 is 5.32 Å². The molecule has 96 valence electrons. The quantitative estimate of drug-likeness (QED) is 0.859. The first-order valence-corrected chi connectivity index (χ1v) is 6.57. The van der Waals surface area contributed by atoms with Gasteiger partial charge in [0.2, 0.25) is 0 Å². The van der Waals surface area contributed by atoms with Crippen molar-refractivity contribution in [2.24, 2.45) is 5.92 Å². The van der Waals surface area contributed by atoms with Crippen LogP contribution >= 0.6 is 0 Å². The molecule has 0 saturated heterocycles. The third kappa shape index (κ3) is 2.83. The first kappa shape index (κ1) is 12.9. The van der Waals surface area contributed by atoms with Crippen LogP contribution in [0.3, 0.4) is 0 Å². The number of anilines is 1. The second-order valence-corrected chi connectivity index (χ2v) is 5.44. The molecule has 0 spiro atoms. The maximum Gasteiger partial charge on any atom is 0.0992 e. The summed E-state index contributed by atoms with van der Waals surface area (Å²) in [5, 5.41) is 22.0. The Morgan fingerprint density at radius 2 is 2.17 bits per heavy atom. The molecule has 2 N–H and O–H groups in total. The van der Waals surface area contributed by atoms with Crippen LogP contribution in [0, 0.1) is 17.2 Å². The maximum absolute atomic E-state index is 9.69. The second kappa shape index (κ2) is 5.41. The molecule has 1 aliphatic carbocycles. The smallest absolute Gasteiger partial charge is 0.0992 e. The zero-order valence-electron chi connectivity index (χ0n) is 10.8. The number of nitrogens with zero attached hydrogens (tertiary/aromatic N) is 1. The van der Waals surface area contributed by atoms with Gasteiger partial charge in [-0.1, -0.05) is 13.0 Å². The standard InChI is InChI=1S/C15H20N2O/c1-12-5-7-15(11-18,8-6-12)17-14-4-2-3-13(9-14)10-16/h2-4,9,12,17-18H,5-8,11H2,1H3. The lowest BCUT2D eigenvalue weighted by Gasteiger charge is -2.39. The van der Waals surface area contributed by atoms with E-state index in [1.54, 1.807) is 6.07 Å². The molecule has 1 aliphatic rings.